The van der Waals surface area contributed by atoms with E-state index in [4.69, 9.17) is 0 Å². The quantitative estimate of drug-likeness (QED) is 0.920. The fourth-order valence-electron chi connectivity index (χ4n) is 2.88. The Balaban J connectivity index is 1.61. The van der Waals surface area contributed by atoms with E-state index in [2.05, 4.69) is 27.4 Å². The van der Waals surface area contributed by atoms with Crippen molar-refractivity contribution < 1.29 is 0 Å². The Morgan fingerprint density at radius 2 is 2.37 bits per heavy atom. The summed E-state index contributed by atoms with van der Waals surface area (Å²) < 4.78 is 2.04. The van der Waals surface area contributed by atoms with Crippen LogP contribution in [0.5, 0.6) is 0 Å². The molecule has 2 heterocycles. The average Bonchev–Trinajstić information content (AvgIpc) is 2.92. The van der Waals surface area contributed by atoms with Crippen LogP contribution in [0, 0.1) is 5.92 Å². The van der Waals surface area contributed by atoms with Crippen LogP contribution in [-0.2, 0) is 13.1 Å². The van der Waals surface area contributed by atoms with Gasteiger partial charge in [-0.2, -0.15) is 0 Å². The van der Waals surface area contributed by atoms with Crippen molar-refractivity contribution in [3.05, 3.63) is 12.2 Å². The molecule has 0 radical (unpaired) electrons. The van der Waals surface area contributed by atoms with Gasteiger partial charge in [-0.05, 0) is 25.7 Å². The molecular weight excluding hydrogens is 258 g/mol. The van der Waals surface area contributed by atoms with Gasteiger partial charge in [0.25, 0.3) is 0 Å². The van der Waals surface area contributed by atoms with E-state index in [1.807, 2.05) is 16.3 Å². The highest BCUT2D eigenvalue weighted by Gasteiger charge is 2.30. The minimum absolute atomic E-state index is 0.626. The Morgan fingerprint density at radius 1 is 1.47 bits per heavy atom. The minimum atomic E-state index is 0.626. The molecule has 2 atom stereocenters. The van der Waals surface area contributed by atoms with E-state index in [1.54, 1.807) is 6.33 Å². The van der Waals surface area contributed by atoms with Gasteiger partial charge in [0.1, 0.15) is 12.9 Å². The van der Waals surface area contributed by atoms with Crippen LogP contribution < -0.4 is 5.32 Å². The van der Waals surface area contributed by atoms with Crippen LogP contribution in [0.1, 0.15) is 38.4 Å². The number of hydrogen-bond acceptors (Lipinski definition) is 4. The van der Waals surface area contributed by atoms with Crippen LogP contribution in [0.25, 0.3) is 0 Å². The molecule has 6 heteroatoms. The Morgan fingerprint density at radius 3 is 3.26 bits per heavy atom. The third kappa shape index (κ3) is 2.94. The molecular formula is C13H21N5S. The van der Waals surface area contributed by atoms with Crippen molar-refractivity contribution >= 4 is 16.9 Å². The van der Waals surface area contributed by atoms with Crippen LogP contribution >= 0.6 is 11.8 Å². The number of aromatic nitrogens is 3. The molecule has 1 N–H and O–H groups in total. The zero-order valence-corrected chi connectivity index (χ0v) is 12.2. The summed E-state index contributed by atoms with van der Waals surface area (Å²) in [5.74, 6) is 3.01. The van der Waals surface area contributed by atoms with Gasteiger partial charge in [-0.25, -0.2) is 0 Å². The fourth-order valence-corrected chi connectivity index (χ4v) is 4.04. The maximum Gasteiger partial charge on any atom is 0.157 e. The van der Waals surface area contributed by atoms with E-state index in [0.29, 0.717) is 12.6 Å². The molecule has 1 aromatic rings. The van der Waals surface area contributed by atoms with Crippen LogP contribution in [-0.4, -0.2) is 31.7 Å². The lowest BCUT2D eigenvalue weighted by atomic mass is 9.86. The standard InChI is InChI=1S/C13H21N5S/c1-2-18-9-15-17-12(18)7-14-13-16-11-6-4-3-5-10(11)8-19-13/h9-11H,2-8H2,1H3,(H,14,16). The average molecular weight is 279 g/mol. The Bertz CT molecular complexity index is 456. The van der Waals surface area contributed by atoms with Gasteiger partial charge in [-0.3, -0.25) is 4.99 Å². The van der Waals surface area contributed by atoms with Crippen molar-refractivity contribution in [2.24, 2.45) is 10.9 Å². The zero-order valence-electron chi connectivity index (χ0n) is 11.4. The first-order valence-electron chi connectivity index (χ1n) is 7.17. The summed E-state index contributed by atoms with van der Waals surface area (Å²) in [5.41, 5.74) is 0. The summed E-state index contributed by atoms with van der Waals surface area (Å²) in [6, 6.07) is 0.651. The molecule has 1 saturated heterocycles. The zero-order chi connectivity index (χ0) is 13.1. The molecule has 5 nitrogen and oxygen atoms in total. The number of amidine groups is 1. The first-order valence-corrected chi connectivity index (χ1v) is 8.16. The Kier molecular flexibility index (Phi) is 4.06. The largest absolute Gasteiger partial charge is 0.362 e. The van der Waals surface area contributed by atoms with Gasteiger partial charge >= 0.3 is 0 Å². The van der Waals surface area contributed by atoms with Crippen molar-refractivity contribution in [1.82, 2.24) is 20.1 Å². The van der Waals surface area contributed by atoms with Gasteiger partial charge in [0, 0.05) is 18.3 Å². The minimum Gasteiger partial charge on any atom is -0.362 e. The molecule has 1 aromatic heterocycles. The first kappa shape index (κ1) is 13.0. The lowest BCUT2D eigenvalue weighted by Gasteiger charge is -2.36. The van der Waals surface area contributed by atoms with Crippen molar-refractivity contribution in [2.75, 3.05) is 5.75 Å². The van der Waals surface area contributed by atoms with E-state index in [-0.39, 0.29) is 0 Å². The molecule has 0 amide bonds. The van der Waals surface area contributed by atoms with Gasteiger partial charge in [0.05, 0.1) is 0 Å². The van der Waals surface area contributed by atoms with Gasteiger partial charge in [0.15, 0.2) is 11.0 Å². The number of aryl methyl sites for hydroxylation is 1. The van der Waals surface area contributed by atoms with Crippen LogP contribution in [0.2, 0.25) is 0 Å². The summed E-state index contributed by atoms with van der Waals surface area (Å²) in [6.07, 6.45) is 7.21. The Labute approximate surface area is 118 Å². The third-order valence-electron chi connectivity index (χ3n) is 4.05. The van der Waals surface area contributed by atoms with E-state index in [1.165, 1.54) is 31.4 Å². The highest BCUT2D eigenvalue weighted by molar-refractivity contribution is 8.13. The summed E-state index contributed by atoms with van der Waals surface area (Å²) >= 11 is 1.87. The van der Waals surface area contributed by atoms with Gasteiger partial charge in [0.2, 0.25) is 0 Å². The third-order valence-corrected chi connectivity index (χ3v) is 5.17. The van der Waals surface area contributed by atoms with E-state index >= 15 is 0 Å². The highest BCUT2D eigenvalue weighted by Crippen LogP contribution is 2.31. The van der Waals surface area contributed by atoms with Crippen molar-refractivity contribution in [3.8, 4) is 0 Å². The highest BCUT2D eigenvalue weighted by atomic mass is 32.2. The number of nitrogens with one attached hydrogen (secondary N) is 1. The number of hydrogen-bond donors (Lipinski definition) is 1. The normalized spacial score (nSPS) is 29.0. The Hall–Kier alpha value is -1.04. The predicted octanol–water partition coefficient (Wildman–Crippen LogP) is 2.05. The molecule has 104 valence electrons. The van der Waals surface area contributed by atoms with E-state index < -0.39 is 0 Å². The monoisotopic (exact) mass is 279 g/mol. The number of thioether (sulfide) groups is 1. The van der Waals surface area contributed by atoms with E-state index in [0.717, 1.165) is 23.5 Å². The predicted molar refractivity (Wildman–Crippen MR) is 78.2 cm³/mol. The van der Waals surface area contributed by atoms with Gasteiger partial charge in [-0.15, -0.1) is 10.2 Å². The molecule has 2 unspecified atom stereocenters. The number of fused-ring (bicyclic) bond motifs is 1. The topological polar surface area (TPSA) is 55.1 Å². The summed E-state index contributed by atoms with van der Waals surface area (Å²) in [6.45, 7) is 3.62. The van der Waals surface area contributed by atoms with Crippen LogP contribution in [0.4, 0.5) is 0 Å². The number of nitrogens with zero attached hydrogens (tertiary/aromatic N) is 4. The van der Waals surface area contributed by atoms with Crippen molar-refractivity contribution in [1.29, 1.82) is 0 Å². The number of rotatable bonds is 3. The smallest absolute Gasteiger partial charge is 0.157 e. The number of aliphatic imine (C=N–C) groups is 1. The maximum absolute atomic E-state index is 4.67. The molecule has 1 aliphatic carbocycles. The summed E-state index contributed by atoms with van der Waals surface area (Å²) in [5, 5.41) is 12.8. The van der Waals surface area contributed by atoms with Crippen molar-refractivity contribution in [2.45, 2.75) is 51.7 Å². The van der Waals surface area contributed by atoms with Crippen LogP contribution in [0.3, 0.4) is 0 Å². The molecule has 2 fully saturated rings. The second-order valence-corrected chi connectivity index (χ2v) is 6.27. The molecule has 1 aliphatic heterocycles. The second-order valence-electron chi connectivity index (χ2n) is 5.26. The van der Waals surface area contributed by atoms with Crippen LogP contribution in [0.15, 0.2) is 11.3 Å². The molecule has 19 heavy (non-hydrogen) atoms. The second kappa shape index (κ2) is 5.94. The van der Waals surface area contributed by atoms with Gasteiger partial charge in [-0.1, -0.05) is 24.6 Å². The molecule has 3 rings (SSSR count). The lowest BCUT2D eigenvalue weighted by Crippen LogP contribution is -2.46. The molecule has 0 bridgehead atoms. The molecule has 0 spiro atoms. The van der Waals surface area contributed by atoms with E-state index in [9.17, 15) is 0 Å². The van der Waals surface area contributed by atoms with Gasteiger partial charge < -0.3 is 9.88 Å². The molecule has 2 aliphatic rings. The molecule has 0 aromatic carbocycles. The fraction of sp³-hybridized carbons (Fsp3) is 0.769. The van der Waals surface area contributed by atoms with Crippen molar-refractivity contribution in [3.63, 3.8) is 0 Å². The summed E-state index contributed by atoms with van der Waals surface area (Å²) in [4.78, 5) is 4.67. The maximum atomic E-state index is 4.67. The SMILES string of the molecule is CCn1cnnc1CN=C1NC2CCCCC2CS1. The summed E-state index contributed by atoms with van der Waals surface area (Å²) in [7, 11) is 0. The first-order chi connectivity index (χ1) is 9.36. The lowest BCUT2D eigenvalue weighted by molar-refractivity contribution is 0.311. The molecule has 1 saturated carbocycles.